The molecular formula is C19H23N5O2. The summed E-state index contributed by atoms with van der Waals surface area (Å²) in [5, 5.41) is 8.49. The van der Waals surface area contributed by atoms with Gasteiger partial charge in [0.15, 0.2) is 0 Å². The zero-order chi connectivity index (χ0) is 18.5. The average molecular weight is 353 g/mol. The molecule has 0 fully saturated rings. The number of anilines is 2. The first kappa shape index (κ1) is 17.8. The minimum absolute atomic E-state index is 0.141. The maximum Gasteiger partial charge on any atom is 0.276 e. The number of hydrazone groups is 1. The van der Waals surface area contributed by atoms with Gasteiger partial charge in [0.1, 0.15) is 5.69 Å². The van der Waals surface area contributed by atoms with Crippen LogP contribution in [0.4, 0.5) is 11.6 Å². The molecule has 0 saturated heterocycles. The van der Waals surface area contributed by atoms with Crippen LogP contribution in [0.1, 0.15) is 38.2 Å². The first-order chi connectivity index (χ1) is 12.6. The lowest BCUT2D eigenvalue weighted by molar-refractivity contribution is -0.118. The van der Waals surface area contributed by atoms with Crippen LogP contribution < -0.4 is 15.9 Å². The standard InChI is InChI=1S/C19H23N5O2/c1-3-13(2)16(14-8-5-4-6-9-14)18(26)22-15-12-20-19(23-17(15)25)24-11-7-10-21-24/h4-6,8-10,12-13,16H,3,7,11H2,1-2H3,(H,22,26)(H,20,23,25). The van der Waals surface area contributed by atoms with Crippen LogP contribution in [-0.4, -0.2) is 28.6 Å². The third-order valence-electron chi connectivity index (χ3n) is 4.63. The monoisotopic (exact) mass is 353 g/mol. The van der Waals surface area contributed by atoms with E-state index in [9.17, 15) is 9.59 Å². The Balaban J connectivity index is 1.81. The minimum Gasteiger partial charge on any atom is -0.320 e. The second-order valence-electron chi connectivity index (χ2n) is 6.42. The van der Waals surface area contributed by atoms with E-state index in [1.165, 1.54) is 6.20 Å². The molecule has 0 saturated carbocycles. The van der Waals surface area contributed by atoms with E-state index in [1.54, 1.807) is 11.2 Å². The van der Waals surface area contributed by atoms with Crippen LogP contribution in [0, 0.1) is 5.92 Å². The van der Waals surface area contributed by atoms with Gasteiger partial charge in [0.2, 0.25) is 11.9 Å². The van der Waals surface area contributed by atoms with Crippen LogP contribution >= 0.6 is 0 Å². The molecule has 3 rings (SSSR count). The van der Waals surface area contributed by atoms with Crippen LogP contribution in [-0.2, 0) is 4.79 Å². The van der Waals surface area contributed by atoms with E-state index >= 15 is 0 Å². The number of nitrogens with zero attached hydrogens (tertiary/aromatic N) is 3. The quantitative estimate of drug-likeness (QED) is 0.835. The molecule has 1 amide bonds. The molecule has 2 heterocycles. The number of carbonyl (C=O) groups is 1. The maximum atomic E-state index is 12.9. The van der Waals surface area contributed by atoms with Crippen molar-refractivity contribution >= 4 is 23.8 Å². The van der Waals surface area contributed by atoms with Crippen molar-refractivity contribution < 1.29 is 4.79 Å². The van der Waals surface area contributed by atoms with Gasteiger partial charge in [-0.2, -0.15) is 5.10 Å². The van der Waals surface area contributed by atoms with E-state index in [4.69, 9.17) is 0 Å². The molecule has 1 aliphatic heterocycles. The van der Waals surface area contributed by atoms with Crippen molar-refractivity contribution in [3.05, 3.63) is 52.4 Å². The van der Waals surface area contributed by atoms with Crippen molar-refractivity contribution in [3.8, 4) is 0 Å². The number of amides is 1. The van der Waals surface area contributed by atoms with Crippen LogP contribution in [0.3, 0.4) is 0 Å². The maximum absolute atomic E-state index is 12.9. The van der Waals surface area contributed by atoms with Gasteiger partial charge in [0, 0.05) is 19.2 Å². The minimum atomic E-state index is -0.388. The molecule has 2 N–H and O–H groups in total. The van der Waals surface area contributed by atoms with Crippen LogP contribution in [0.5, 0.6) is 0 Å². The lowest BCUT2D eigenvalue weighted by Crippen LogP contribution is -2.29. The van der Waals surface area contributed by atoms with Gasteiger partial charge in [0.25, 0.3) is 5.56 Å². The molecule has 0 radical (unpaired) electrons. The van der Waals surface area contributed by atoms with Crippen LogP contribution in [0.15, 0.2) is 46.4 Å². The Bertz CT molecular complexity index is 847. The summed E-state index contributed by atoms with van der Waals surface area (Å²) in [6, 6.07) is 9.62. The SMILES string of the molecule is CCC(C)C(C(=O)Nc1cnc(N2CCC=N2)[nH]c1=O)c1ccccc1. The third-order valence-corrected chi connectivity index (χ3v) is 4.63. The third kappa shape index (κ3) is 3.82. The zero-order valence-corrected chi connectivity index (χ0v) is 15.0. The van der Waals surface area contributed by atoms with Gasteiger partial charge in [-0.3, -0.25) is 14.6 Å². The second kappa shape index (κ2) is 7.95. The molecular weight excluding hydrogens is 330 g/mol. The summed E-state index contributed by atoms with van der Waals surface area (Å²) in [6.45, 7) is 4.76. The summed E-state index contributed by atoms with van der Waals surface area (Å²) < 4.78 is 0. The Morgan fingerprint density at radius 1 is 1.35 bits per heavy atom. The van der Waals surface area contributed by atoms with Crippen molar-refractivity contribution in [1.82, 2.24) is 9.97 Å². The Hall–Kier alpha value is -2.96. The first-order valence-electron chi connectivity index (χ1n) is 8.85. The first-order valence-corrected chi connectivity index (χ1v) is 8.85. The molecule has 0 bridgehead atoms. The molecule has 1 aliphatic rings. The van der Waals surface area contributed by atoms with E-state index in [1.807, 2.05) is 44.2 Å². The number of aromatic nitrogens is 2. The number of benzene rings is 1. The lowest BCUT2D eigenvalue weighted by atomic mass is 9.85. The molecule has 2 unspecified atom stereocenters. The number of aromatic amines is 1. The van der Waals surface area contributed by atoms with Crippen molar-refractivity contribution in [2.75, 3.05) is 16.9 Å². The summed E-state index contributed by atoms with van der Waals surface area (Å²) in [5.41, 5.74) is 0.694. The van der Waals surface area contributed by atoms with Crippen molar-refractivity contribution in [2.45, 2.75) is 32.6 Å². The Labute approximate surface area is 152 Å². The highest BCUT2D eigenvalue weighted by atomic mass is 16.2. The van der Waals surface area contributed by atoms with E-state index in [2.05, 4.69) is 20.4 Å². The predicted molar refractivity (Wildman–Crippen MR) is 103 cm³/mol. The van der Waals surface area contributed by atoms with Gasteiger partial charge < -0.3 is 5.32 Å². The molecule has 2 aromatic rings. The summed E-state index contributed by atoms with van der Waals surface area (Å²) >= 11 is 0. The molecule has 0 aliphatic carbocycles. The second-order valence-corrected chi connectivity index (χ2v) is 6.42. The summed E-state index contributed by atoms with van der Waals surface area (Å²) in [7, 11) is 0. The Morgan fingerprint density at radius 2 is 2.12 bits per heavy atom. The van der Waals surface area contributed by atoms with Gasteiger partial charge in [-0.05, 0) is 11.5 Å². The van der Waals surface area contributed by atoms with E-state index in [0.717, 1.165) is 18.4 Å². The average Bonchev–Trinajstić information content (AvgIpc) is 3.19. The molecule has 2 atom stereocenters. The van der Waals surface area contributed by atoms with Gasteiger partial charge in [-0.15, -0.1) is 0 Å². The predicted octanol–water partition coefficient (Wildman–Crippen LogP) is 2.73. The fourth-order valence-corrected chi connectivity index (χ4v) is 3.01. The van der Waals surface area contributed by atoms with Crippen molar-refractivity contribution in [2.24, 2.45) is 11.0 Å². The highest BCUT2D eigenvalue weighted by Gasteiger charge is 2.26. The fourth-order valence-electron chi connectivity index (χ4n) is 3.01. The summed E-state index contributed by atoms with van der Waals surface area (Å²) in [6.07, 6.45) is 4.83. The number of rotatable bonds is 6. The van der Waals surface area contributed by atoms with E-state index < -0.39 is 0 Å². The topological polar surface area (TPSA) is 90.4 Å². The number of H-pyrrole nitrogens is 1. The van der Waals surface area contributed by atoms with Crippen LogP contribution in [0.25, 0.3) is 0 Å². The smallest absolute Gasteiger partial charge is 0.276 e. The highest BCUT2D eigenvalue weighted by molar-refractivity contribution is 5.95. The fraction of sp³-hybridized carbons (Fsp3) is 0.368. The van der Waals surface area contributed by atoms with Gasteiger partial charge in [0.05, 0.1) is 12.1 Å². The van der Waals surface area contributed by atoms with E-state index in [-0.39, 0.29) is 29.0 Å². The number of hydrogen-bond acceptors (Lipinski definition) is 5. The largest absolute Gasteiger partial charge is 0.320 e. The lowest BCUT2D eigenvalue weighted by Gasteiger charge is -2.22. The van der Waals surface area contributed by atoms with Crippen LogP contribution in [0.2, 0.25) is 0 Å². The molecule has 1 aromatic carbocycles. The Morgan fingerprint density at radius 3 is 2.73 bits per heavy atom. The molecule has 0 spiro atoms. The molecule has 136 valence electrons. The van der Waals surface area contributed by atoms with Gasteiger partial charge >= 0.3 is 0 Å². The highest BCUT2D eigenvalue weighted by Crippen LogP contribution is 2.28. The van der Waals surface area contributed by atoms with Crippen molar-refractivity contribution in [1.29, 1.82) is 0 Å². The Kier molecular flexibility index (Phi) is 5.46. The summed E-state index contributed by atoms with van der Waals surface area (Å²) in [4.78, 5) is 32.1. The molecule has 26 heavy (non-hydrogen) atoms. The number of hydrogen-bond donors (Lipinski definition) is 2. The molecule has 1 aromatic heterocycles. The zero-order valence-electron chi connectivity index (χ0n) is 15.0. The number of nitrogens with one attached hydrogen (secondary N) is 2. The molecule has 7 nitrogen and oxygen atoms in total. The van der Waals surface area contributed by atoms with Crippen molar-refractivity contribution in [3.63, 3.8) is 0 Å². The van der Waals surface area contributed by atoms with Gasteiger partial charge in [-0.1, -0.05) is 50.6 Å². The van der Waals surface area contributed by atoms with Gasteiger partial charge in [-0.25, -0.2) is 9.99 Å². The summed E-state index contributed by atoms with van der Waals surface area (Å²) in [5.74, 6) is -0.0146. The normalized spacial score (nSPS) is 15.7. The molecule has 7 heteroatoms. The number of carbonyl (C=O) groups excluding carboxylic acids is 1. The van der Waals surface area contributed by atoms with E-state index in [0.29, 0.717) is 12.5 Å².